The normalized spacial score (nSPS) is 11.6. The number of halogens is 1. The summed E-state index contributed by atoms with van der Waals surface area (Å²) >= 11 is 3.66. The molecule has 0 radical (unpaired) electrons. The van der Waals surface area contributed by atoms with Crippen LogP contribution in [0.1, 0.15) is 11.1 Å². The van der Waals surface area contributed by atoms with Crippen LogP contribution in [-0.2, 0) is 15.1 Å². The van der Waals surface area contributed by atoms with Crippen molar-refractivity contribution in [3.8, 4) is 28.2 Å². The Kier molecular flexibility index (Phi) is 7.63. The zero-order valence-electron chi connectivity index (χ0n) is 18.0. The summed E-state index contributed by atoms with van der Waals surface area (Å²) in [7, 11) is 4.20. The van der Waals surface area contributed by atoms with E-state index in [1.165, 1.54) is 18.3 Å². The number of hydrogen-bond acceptors (Lipinski definition) is 5. The molecule has 0 aromatic heterocycles. The number of fused-ring (bicyclic) bond motifs is 2. The molecule has 0 saturated heterocycles. The SMILES string of the molecule is O=c1ccc2c(-c3ccccc3)c3ccc(O)c(/C=N/N=C(\O)c4ccccc4)c3oc-2c1.[Cl][Cu]. The van der Waals surface area contributed by atoms with Crippen molar-refractivity contribution in [2.24, 2.45) is 10.2 Å². The van der Waals surface area contributed by atoms with E-state index in [0.29, 0.717) is 16.9 Å². The Labute approximate surface area is 213 Å². The fraction of sp³-hybridized carbons (Fsp3) is 0. The number of benzene rings is 4. The van der Waals surface area contributed by atoms with Crippen molar-refractivity contribution in [1.29, 1.82) is 0 Å². The molecule has 6 nitrogen and oxygen atoms in total. The monoisotopic (exact) mass is 532 g/mol. The fourth-order valence-electron chi connectivity index (χ4n) is 3.77. The van der Waals surface area contributed by atoms with Crippen LogP contribution in [0.2, 0.25) is 0 Å². The van der Waals surface area contributed by atoms with E-state index in [2.05, 4.69) is 35.4 Å². The molecule has 1 aliphatic carbocycles. The first-order valence-electron chi connectivity index (χ1n) is 10.4. The molecule has 0 unspecified atom stereocenters. The molecule has 0 fully saturated rings. The number of hydrogen-bond donors (Lipinski definition) is 2. The van der Waals surface area contributed by atoms with Crippen molar-refractivity contribution >= 4 is 33.2 Å². The summed E-state index contributed by atoms with van der Waals surface area (Å²) in [5.74, 6) is 0.0701. The van der Waals surface area contributed by atoms with E-state index in [4.69, 9.17) is 4.42 Å². The molecule has 0 saturated carbocycles. The summed E-state index contributed by atoms with van der Waals surface area (Å²) in [4.78, 5) is 12.0. The third-order valence-electron chi connectivity index (χ3n) is 5.31. The summed E-state index contributed by atoms with van der Waals surface area (Å²) in [5.41, 5.74) is 3.56. The number of phenolic OH excluding ortho intramolecular Hbond substituents is 1. The Morgan fingerprint density at radius 2 is 1.60 bits per heavy atom. The van der Waals surface area contributed by atoms with Crippen molar-refractivity contribution in [1.82, 2.24) is 0 Å². The molecule has 0 bridgehead atoms. The molecule has 178 valence electrons. The van der Waals surface area contributed by atoms with Crippen molar-refractivity contribution in [2.45, 2.75) is 0 Å². The molecular formula is C27H18ClCuN2O4. The first-order valence-corrected chi connectivity index (χ1v) is 11.7. The molecule has 0 spiro atoms. The molecule has 1 aliphatic heterocycles. The van der Waals surface area contributed by atoms with Crippen LogP contribution >= 0.6 is 10.1 Å². The molecule has 35 heavy (non-hydrogen) atoms. The number of aliphatic hydroxyl groups excluding tert-OH is 1. The van der Waals surface area contributed by atoms with Gasteiger partial charge in [-0.25, -0.2) is 0 Å². The van der Waals surface area contributed by atoms with Crippen LogP contribution in [0, 0.1) is 0 Å². The Bertz CT molecular complexity index is 1550. The molecule has 3 aromatic rings. The number of nitrogens with zero attached hydrogens (tertiary/aromatic N) is 2. The van der Waals surface area contributed by atoms with Crippen molar-refractivity contribution in [3.63, 3.8) is 0 Å². The second kappa shape index (κ2) is 11.0. The summed E-state index contributed by atoms with van der Waals surface area (Å²) in [6.45, 7) is 0. The van der Waals surface area contributed by atoms with E-state index >= 15 is 0 Å². The Morgan fingerprint density at radius 3 is 2.31 bits per heavy atom. The van der Waals surface area contributed by atoms with Gasteiger partial charge in [0.15, 0.2) is 5.43 Å². The summed E-state index contributed by atoms with van der Waals surface area (Å²) in [5, 5.41) is 29.2. The van der Waals surface area contributed by atoms with Crippen LogP contribution in [0.25, 0.3) is 33.4 Å². The van der Waals surface area contributed by atoms with Crippen LogP contribution in [0.5, 0.6) is 5.75 Å². The molecule has 3 aromatic carbocycles. The molecule has 0 amide bonds. The maximum absolute atomic E-state index is 12.0. The van der Waals surface area contributed by atoms with E-state index in [9.17, 15) is 15.0 Å². The average molecular weight is 533 g/mol. The van der Waals surface area contributed by atoms with Gasteiger partial charge in [-0.3, -0.25) is 4.79 Å². The number of aliphatic hydroxyl groups is 1. The second-order valence-corrected chi connectivity index (χ2v) is 7.41. The summed E-state index contributed by atoms with van der Waals surface area (Å²) in [6.07, 6.45) is 1.32. The molecular weight excluding hydrogens is 515 g/mol. The molecule has 2 aliphatic rings. The van der Waals surface area contributed by atoms with Gasteiger partial charge in [0.05, 0.1) is 11.8 Å². The van der Waals surface area contributed by atoms with E-state index in [1.54, 1.807) is 42.5 Å². The minimum absolute atomic E-state index is 0.0685. The molecule has 8 heteroatoms. The van der Waals surface area contributed by atoms with E-state index in [-0.39, 0.29) is 22.6 Å². The van der Waals surface area contributed by atoms with Crippen LogP contribution in [0.15, 0.2) is 110 Å². The summed E-state index contributed by atoms with van der Waals surface area (Å²) < 4.78 is 6.08. The Hall–Kier alpha value is -3.90. The first kappa shape index (κ1) is 24.2. The summed E-state index contributed by atoms with van der Waals surface area (Å²) in [6, 6.07) is 26.5. The topological polar surface area (TPSA) is 95.4 Å². The number of aromatic hydroxyl groups is 1. The van der Waals surface area contributed by atoms with Crippen molar-refractivity contribution < 1.29 is 29.7 Å². The standard InChI is InChI=1S/C27H18N2O4.ClH.Cu/c30-19-11-12-20-24(15-19)33-26-21(25(20)17-7-3-1-4-8-17)13-14-23(31)22(26)16-28-29-27(32)18-9-5-2-6-10-18;;/h1-16,31H,(H,29,32);1H;/q;;+1/p-1/b28-16+;;. The molecule has 1 heterocycles. The molecule has 0 atom stereocenters. The van der Waals surface area contributed by atoms with Gasteiger partial charge in [-0.05, 0) is 42.0 Å². The zero-order valence-corrected chi connectivity index (χ0v) is 19.7. The van der Waals surface area contributed by atoms with Gasteiger partial charge in [0.25, 0.3) is 0 Å². The second-order valence-electron chi connectivity index (χ2n) is 7.41. The van der Waals surface area contributed by atoms with Gasteiger partial charge in [-0.2, -0.15) is 5.10 Å². The molecule has 5 rings (SSSR count). The Morgan fingerprint density at radius 1 is 0.914 bits per heavy atom. The average Bonchev–Trinajstić information content (AvgIpc) is 2.90. The van der Waals surface area contributed by atoms with Crippen LogP contribution < -0.4 is 5.43 Å². The van der Waals surface area contributed by atoms with E-state index in [1.807, 2.05) is 36.4 Å². The van der Waals surface area contributed by atoms with Gasteiger partial charge in [0.2, 0.25) is 5.90 Å². The van der Waals surface area contributed by atoms with Gasteiger partial charge in [-0.15, -0.1) is 5.10 Å². The van der Waals surface area contributed by atoms with Crippen LogP contribution in [0.3, 0.4) is 0 Å². The van der Waals surface area contributed by atoms with Gasteiger partial charge in [-0.1, -0.05) is 48.5 Å². The molecule has 2 N–H and O–H groups in total. The predicted molar refractivity (Wildman–Crippen MR) is 135 cm³/mol. The minimum atomic E-state index is -0.255. The first-order chi connectivity index (χ1) is 17.1. The fourth-order valence-corrected chi connectivity index (χ4v) is 3.77. The van der Waals surface area contributed by atoms with E-state index < -0.39 is 0 Å². The van der Waals surface area contributed by atoms with Gasteiger partial charge in [0, 0.05) is 28.1 Å². The maximum atomic E-state index is 12.0. The zero-order chi connectivity index (χ0) is 24.8. The van der Waals surface area contributed by atoms with Crippen molar-refractivity contribution in [3.05, 3.63) is 112 Å². The number of phenols is 1. The van der Waals surface area contributed by atoms with E-state index in [0.717, 1.165) is 22.1 Å². The third kappa shape index (κ3) is 5.12. The quantitative estimate of drug-likeness (QED) is 0.0933. The third-order valence-corrected chi connectivity index (χ3v) is 5.31. The van der Waals surface area contributed by atoms with Crippen molar-refractivity contribution in [2.75, 3.05) is 0 Å². The number of rotatable bonds is 4. The van der Waals surface area contributed by atoms with Gasteiger partial charge >= 0.3 is 25.2 Å². The van der Waals surface area contributed by atoms with Gasteiger partial charge in [0.1, 0.15) is 17.1 Å². The predicted octanol–water partition coefficient (Wildman–Crippen LogP) is 6.30. The van der Waals surface area contributed by atoms with Gasteiger partial charge < -0.3 is 14.6 Å². The van der Waals surface area contributed by atoms with Crippen LogP contribution in [-0.4, -0.2) is 22.3 Å². The Balaban J connectivity index is 0.00000141. The van der Waals surface area contributed by atoms with Crippen LogP contribution in [0.4, 0.5) is 0 Å².